The molecule has 0 aliphatic heterocycles. The van der Waals surface area contributed by atoms with Gasteiger partial charge in [-0.1, -0.05) is 12.1 Å². The van der Waals surface area contributed by atoms with Crippen molar-refractivity contribution in [3.8, 4) is 5.75 Å². The van der Waals surface area contributed by atoms with Crippen molar-refractivity contribution in [2.45, 2.75) is 27.7 Å². The van der Waals surface area contributed by atoms with Crippen LogP contribution in [0.4, 0.5) is 0 Å². The predicted octanol–water partition coefficient (Wildman–Crippen LogP) is 3.65. The summed E-state index contributed by atoms with van der Waals surface area (Å²) in [7, 11) is 0. The van der Waals surface area contributed by atoms with Crippen molar-refractivity contribution in [3.63, 3.8) is 0 Å². The molecule has 1 heterocycles. The van der Waals surface area contributed by atoms with Crippen molar-refractivity contribution in [2.75, 3.05) is 19.8 Å². The van der Waals surface area contributed by atoms with E-state index in [2.05, 4.69) is 4.98 Å². The summed E-state index contributed by atoms with van der Waals surface area (Å²) in [5.74, 6) is -0.813. The molecule has 1 aromatic heterocycles. The molecule has 0 fully saturated rings. The number of carbonyl (C=O) groups is 3. The van der Waals surface area contributed by atoms with Crippen LogP contribution in [-0.2, 0) is 14.3 Å². The standard InChI is InChI=1S/C22H25NO6/c1-5-27-17-10-7-16(8-11-17)9-12-19(25)29-13-18(24)21-14(3)20(15(4)23-21)22(26)28-6-2/h7-12,23H,5-6,13H2,1-4H3. The summed E-state index contributed by atoms with van der Waals surface area (Å²) in [5.41, 5.74) is 2.37. The molecule has 0 radical (unpaired) electrons. The number of rotatable bonds is 9. The van der Waals surface area contributed by atoms with Crippen LogP contribution in [-0.4, -0.2) is 42.5 Å². The van der Waals surface area contributed by atoms with Crippen LogP contribution in [0.3, 0.4) is 0 Å². The molecule has 7 heteroatoms. The predicted molar refractivity (Wildman–Crippen MR) is 108 cm³/mol. The van der Waals surface area contributed by atoms with Gasteiger partial charge in [0.15, 0.2) is 6.61 Å². The molecular formula is C22H25NO6. The van der Waals surface area contributed by atoms with E-state index in [1.807, 2.05) is 19.1 Å². The van der Waals surface area contributed by atoms with Crippen molar-refractivity contribution >= 4 is 23.8 Å². The second kappa shape index (κ2) is 10.3. The van der Waals surface area contributed by atoms with Crippen LogP contribution in [0.2, 0.25) is 0 Å². The molecule has 1 aromatic carbocycles. The maximum Gasteiger partial charge on any atom is 0.340 e. The summed E-state index contributed by atoms with van der Waals surface area (Å²) in [4.78, 5) is 39.2. The molecule has 0 spiro atoms. The monoisotopic (exact) mass is 399 g/mol. The third kappa shape index (κ3) is 5.81. The van der Waals surface area contributed by atoms with Gasteiger partial charge in [0.1, 0.15) is 5.75 Å². The molecule has 0 aliphatic rings. The van der Waals surface area contributed by atoms with Crippen LogP contribution in [0.5, 0.6) is 5.75 Å². The van der Waals surface area contributed by atoms with Crippen LogP contribution in [0, 0.1) is 13.8 Å². The second-order valence-corrected chi connectivity index (χ2v) is 6.21. The summed E-state index contributed by atoms with van der Waals surface area (Å²) in [5, 5.41) is 0. The summed E-state index contributed by atoms with van der Waals surface area (Å²) >= 11 is 0. The molecule has 0 aliphatic carbocycles. The lowest BCUT2D eigenvalue weighted by atomic mass is 10.1. The van der Waals surface area contributed by atoms with Gasteiger partial charge in [-0.2, -0.15) is 0 Å². The molecular weight excluding hydrogens is 374 g/mol. The number of aromatic amines is 1. The fraction of sp³-hybridized carbons (Fsp3) is 0.318. The molecule has 0 atom stereocenters. The van der Waals surface area contributed by atoms with Gasteiger partial charge in [-0.05, 0) is 57.0 Å². The molecule has 1 N–H and O–H groups in total. The summed E-state index contributed by atoms with van der Waals surface area (Å²) in [6, 6.07) is 7.22. The summed E-state index contributed by atoms with van der Waals surface area (Å²) in [6.07, 6.45) is 2.84. The number of esters is 2. The van der Waals surface area contributed by atoms with Gasteiger partial charge in [0.2, 0.25) is 5.78 Å². The lowest BCUT2D eigenvalue weighted by Gasteiger charge is -2.04. The van der Waals surface area contributed by atoms with Crippen molar-refractivity contribution in [2.24, 2.45) is 0 Å². The summed E-state index contributed by atoms with van der Waals surface area (Å²) < 4.78 is 15.4. The zero-order valence-electron chi connectivity index (χ0n) is 17.0. The van der Waals surface area contributed by atoms with E-state index in [1.54, 1.807) is 39.0 Å². The third-order valence-corrected chi connectivity index (χ3v) is 4.14. The minimum absolute atomic E-state index is 0.230. The fourth-order valence-electron chi connectivity index (χ4n) is 2.80. The zero-order valence-corrected chi connectivity index (χ0v) is 17.0. The summed E-state index contributed by atoms with van der Waals surface area (Å²) in [6.45, 7) is 7.33. The first-order valence-electron chi connectivity index (χ1n) is 9.34. The normalized spacial score (nSPS) is 10.8. The first-order chi connectivity index (χ1) is 13.9. The number of Topliss-reactive ketones (excluding diaryl/α,β-unsaturated/α-hetero) is 1. The zero-order chi connectivity index (χ0) is 21.4. The Hall–Kier alpha value is -3.35. The van der Waals surface area contributed by atoms with Crippen molar-refractivity contribution in [3.05, 3.63) is 58.4 Å². The third-order valence-electron chi connectivity index (χ3n) is 4.14. The highest BCUT2D eigenvalue weighted by atomic mass is 16.5. The van der Waals surface area contributed by atoms with E-state index < -0.39 is 24.3 Å². The molecule has 154 valence electrons. The van der Waals surface area contributed by atoms with E-state index in [-0.39, 0.29) is 12.3 Å². The van der Waals surface area contributed by atoms with E-state index >= 15 is 0 Å². The van der Waals surface area contributed by atoms with Crippen LogP contribution in [0.15, 0.2) is 30.3 Å². The Kier molecular flexibility index (Phi) is 7.77. The first kappa shape index (κ1) is 21.9. The van der Waals surface area contributed by atoms with E-state index in [0.29, 0.717) is 23.4 Å². The lowest BCUT2D eigenvalue weighted by Crippen LogP contribution is -2.14. The van der Waals surface area contributed by atoms with Crippen molar-refractivity contribution < 1.29 is 28.6 Å². The molecule has 0 amide bonds. The topological polar surface area (TPSA) is 94.7 Å². The van der Waals surface area contributed by atoms with Crippen LogP contribution in [0.1, 0.15) is 51.5 Å². The number of nitrogens with one attached hydrogen (secondary N) is 1. The Morgan fingerprint density at radius 1 is 1.00 bits per heavy atom. The minimum Gasteiger partial charge on any atom is -0.494 e. The fourth-order valence-corrected chi connectivity index (χ4v) is 2.80. The van der Waals surface area contributed by atoms with Gasteiger partial charge >= 0.3 is 11.9 Å². The van der Waals surface area contributed by atoms with Gasteiger partial charge in [-0.15, -0.1) is 0 Å². The van der Waals surface area contributed by atoms with Gasteiger partial charge in [0.05, 0.1) is 24.5 Å². The van der Waals surface area contributed by atoms with Crippen LogP contribution >= 0.6 is 0 Å². The number of ether oxygens (including phenoxy) is 3. The Morgan fingerprint density at radius 2 is 1.69 bits per heavy atom. The van der Waals surface area contributed by atoms with Crippen molar-refractivity contribution in [1.29, 1.82) is 0 Å². The number of benzene rings is 1. The number of ketones is 1. The largest absolute Gasteiger partial charge is 0.494 e. The molecule has 0 unspecified atom stereocenters. The Labute approximate surface area is 169 Å². The van der Waals surface area contributed by atoms with E-state index in [1.165, 1.54) is 6.08 Å². The quantitative estimate of drug-likeness (QED) is 0.393. The number of hydrogen-bond acceptors (Lipinski definition) is 6. The Balaban J connectivity index is 1.95. The SMILES string of the molecule is CCOC(=O)c1c(C)[nH]c(C(=O)COC(=O)C=Cc2ccc(OCC)cc2)c1C. The van der Waals surface area contributed by atoms with Crippen LogP contribution in [0.25, 0.3) is 6.08 Å². The van der Waals surface area contributed by atoms with Crippen molar-refractivity contribution in [1.82, 2.24) is 4.98 Å². The number of carbonyl (C=O) groups excluding carboxylic acids is 3. The maximum absolute atomic E-state index is 12.4. The molecule has 2 aromatic rings. The van der Waals surface area contributed by atoms with Gasteiger partial charge in [0, 0.05) is 11.8 Å². The van der Waals surface area contributed by atoms with E-state index in [9.17, 15) is 14.4 Å². The maximum atomic E-state index is 12.4. The second-order valence-electron chi connectivity index (χ2n) is 6.21. The molecule has 0 bridgehead atoms. The number of hydrogen-bond donors (Lipinski definition) is 1. The molecule has 29 heavy (non-hydrogen) atoms. The van der Waals surface area contributed by atoms with E-state index in [4.69, 9.17) is 14.2 Å². The molecule has 0 saturated carbocycles. The van der Waals surface area contributed by atoms with Crippen LogP contribution < -0.4 is 4.74 Å². The molecule has 0 saturated heterocycles. The van der Waals surface area contributed by atoms with Gasteiger partial charge in [-0.3, -0.25) is 4.79 Å². The molecule has 2 rings (SSSR count). The Bertz CT molecular complexity index is 908. The number of H-pyrrole nitrogens is 1. The average molecular weight is 399 g/mol. The lowest BCUT2D eigenvalue weighted by molar-refractivity contribution is -0.136. The molecule has 7 nitrogen and oxygen atoms in total. The number of aromatic nitrogens is 1. The van der Waals surface area contributed by atoms with E-state index in [0.717, 1.165) is 11.3 Å². The van der Waals surface area contributed by atoms with Gasteiger partial charge in [0.25, 0.3) is 0 Å². The minimum atomic E-state index is -0.640. The first-order valence-corrected chi connectivity index (χ1v) is 9.34. The average Bonchev–Trinajstić information content (AvgIpc) is 3.00. The van der Waals surface area contributed by atoms with Gasteiger partial charge < -0.3 is 19.2 Å². The highest BCUT2D eigenvalue weighted by molar-refractivity contribution is 6.03. The number of aryl methyl sites for hydroxylation is 1. The Morgan fingerprint density at radius 3 is 2.31 bits per heavy atom. The highest BCUT2D eigenvalue weighted by Crippen LogP contribution is 2.19. The van der Waals surface area contributed by atoms with Gasteiger partial charge in [-0.25, -0.2) is 9.59 Å². The smallest absolute Gasteiger partial charge is 0.340 e. The highest BCUT2D eigenvalue weighted by Gasteiger charge is 2.23.